The van der Waals surface area contributed by atoms with Crippen LogP contribution in [-0.4, -0.2) is 0 Å². The summed E-state index contributed by atoms with van der Waals surface area (Å²) in [5, 5.41) is 0. The highest BCUT2D eigenvalue weighted by atomic mass is 13.5. The van der Waals surface area contributed by atoms with Crippen molar-refractivity contribution < 1.29 is 0 Å². The minimum atomic E-state index is 1.08. The van der Waals surface area contributed by atoms with E-state index >= 15 is 0 Å². The van der Waals surface area contributed by atoms with Gasteiger partial charge in [-0.05, 0) is 26.7 Å². The molecule has 0 aliphatic heterocycles. The van der Waals surface area contributed by atoms with Gasteiger partial charge in [0, 0.05) is 0 Å². The van der Waals surface area contributed by atoms with Crippen LogP contribution in [0.4, 0.5) is 0 Å². The van der Waals surface area contributed by atoms with Crippen LogP contribution in [0.25, 0.3) is 0 Å². The lowest BCUT2D eigenvalue weighted by Gasteiger charge is -1.57. The summed E-state index contributed by atoms with van der Waals surface area (Å²) in [7, 11) is 0. The molecule has 0 N–H and O–H groups in total. The van der Waals surface area contributed by atoms with Crippen molar-refractivity contribution >= 4 is 0 Å². The van der Waals surface area contributed by atoms with E-state index in [1.807, 2.05) is 38.2 Å². The van der Waals surface area contributed by atoms with Gasteiger partial charge in [0.05, 0.1) is 0 Å². The molecule has 0 nitrogen and oxygen atoms in total. The van der Waals surface area contributed by atoms with E-state index in [2.05, 4.69) is 27.0 Å². The lowest BCUT2D eigenvalue weighted by molar-refractivity contribution is 1.23. The van der Waals surface area contributed by atoms with Gasteiger partial charge in [-0.25, -0.2) is 0 Å². The van der Waals surface area contributed by atoms with E-state index in [0.717, 1.165) is 12.8 Å². The Kier molecular flexibility index (Phi) is 46.1. The zero-order valence-corrected chi connectivity index (χ0v) is 9.14. The largest absolute Gasteiger partial charge is 0.103 e. The van der Waals surface area contributed by atoms with Gasteiger partial charge in [0.15, 0.2) is 0 Å². The molecule has 72 valence electrons. The normalized spacial score (nSPS) is 7.33. The predicted molar refractivity (Wildman–Crippen MR) is 61.5 cm³/mol. The Labute approximate surface area is 78.7 Å². The van der Waals surface area contributed by atoms with Crippen LogP contribution in [0, 0.1) is 0 Å². The van der Waals surface area contributed by atoms with Crippen molar-refractivity contribution in [3.63, 3.8) is 0 Å². The molecule has 0 fully saturated rings. The Morgan fingerprint density at radius 2 is 1.00 bits per heavy atom. The van der Waals surface area contributed by atoms with Crippen LogP contribution in [0.1, 0.15) is 40.5 Å². The quantitative estimate of drug-likeness (QED) is 0.522. The Morgan fingerprint density at radius 3 is 1.00 bits per heavy atom. The minimum absolute atomic E-state index is 1.08. The van der Waals surface area contributed by atoms with Crippen molar-refractivity contribution in [2.24, 2.45) is 0 Å². The molecule has 0 unspecified atom stereocenters. The average Bonchev–Trinajstić information content (AvgIpc) is 2.18. The molecule has 0 saturated carbocycles. The third kappa shape index (κ3) is 126. The van der Waals surface area contributed by atoms with Crippen molar-refractivity contribution in [3.05, 3.63) is 37.5 Å². The highest BCUT2D eigenvalue weighted by molar-refractivity contribution is 4.68. The lowest BCUT2D eigenvalue weighted by Crippen LogP contribution is -1.36. The van der Waals surface area contributed by atoms with E-state index in [1.165, 1.54) is 0 Å². The molecule has 0 aromatic rings. The van der Waals surface area contributed by atoms with E-state index in [0.29, 0.717) is 0 Å². The molecule has 0 bridgehead atoms. The van der Waals surface area contributed by atoms with Crippen LogP contribution in [0.5, 0.6) is 0 Å². The molecular formula is C12H24. The zero-order valence-electron chi connectivity index (χ0n) is 9.14. The lowest BCUT2D eigenvalue weighted by atomic mass is 10.5. The second-order valence-electron chi connectivity index (χ2n) is 2.06. The number of hydrogen-bond acceptors (Lipinski definition) is 0. The van der Waals surface area contributed by atoms with Gasteiger partial charge in [-0.2, -0.15) is 0 Å². The molecule has 0 atom stereocenters. The first-order chi connectivity index (χ1) is 5.74. The fraction of sp³-hybridized carbons (Fsp3) is 0.500. The maximum atomic E-state index is 3.48. The van der Waals surface area contributed by atoms with E-state index in [9.17, 15) is 0 Å². The fourth-order valence-corrected chi connectivity index (χ4v) is 0. The number of rotatable bonds is 2. The Morgan fingerprint density at radius 1 is 0.833 bits per heavy atom. The molecule has 0 heteroatoms. The van der Waals surface area contributed by atoms with E-state index < -0.39 is 0 Å². The summed E-state index contributed by atoms with van der Waals surface area (Å²) in [6.07, 6.45) is 9.92. The van der Waals surface area contributed by atoms with E-state index in [4.69, 9.17) is 0 Å². The van der Waals surface area contributed by atoms with Crippen molar-refractivity contribution in [1.82, 2.24) is 0 Å². The predicted octanol–water partition coefficient (Wildman–Crippen LogP) is 4.75. The summed E-state index contributed by atoms with van der Waals surface area (Å²) < 4.78 is 0. The highest BCUT2D eigenvalue weighted by Crippen LogP contribution is 1.66. The van der Waals surface area contributed by atoms with Crippen molar-refractivity contribution in [3.8, 4) is 0 Å². The maximum absolute atomic E-state index is 3.48. The molecule has 0 saturated heterocycles. The molecule has 0 spiro atoms. The Bertz CT molecular complexity index is 76.2. The molecular weight excluding hydrogens is 144 g/mol. The molecule has 0 aliphatic rings. The van der Waals surface area contributed by atoms with Crippen LogP contribution >= 0.6 is 0 Å². The van der Waals surface area contributed by atoms with E-state index in [-0.39, 0.29) is 0 Å². The average molecular weight is 168 g/mol. The van der Waals surface area contributed by atoms with Gasteiger partial charge in [0.2, 0.25) is 0 Å². The van der Waals surface area contributed by atoms with Crippen molar-refractivity contribution in [1.29, 1.82) is 0 Å². The SMILES string of the molecule is C=CCC.C=CCC.CC=CC. The topological polar surface area (TPSA) is 0 Å². The van der Waals surface area contributed by atoms with Crippen molar-refractivity contribution in [2.45, 2.75) is 40.5 Å². The summed E-state index contributed by atoms with van der Waals surface area (Å²) in [6, 6.07) is 0. The van der Waals surface area contributed by atoms with Crippen LogP contribution in [0.3, 0.4) is 0 Å². The molecule has 12 heavy (non-hydrogen) atoms. The molecule has 0 aromatic carbocycles. The third-order valence-corrected chi connectivity index (χ3v) is 0.911. The molecule has 0 heterocycles. The smallest absolute Gasteiger partial charge is 0.0382 e. The number of hydrogen-bond donors (Lipinski definition) is 0. The second kappa shape index (κ2) is 31.9. The van der Waals surface area contributed by atoms with Gasteiger partial charge in [0.25, 0.3) is 0 Å². The molecule has 0 radical (unpaired) electrons. The summed E-state index contributed by atoms with van der Waals surface area (Å²) >= 11 is 0. The van der Waals surface area contributed by atoms with Gasteiger partial charge in [0.1, 0.15) is 0 Å². The maximum Gasteiger partial charge on any atom is -0.0382 e. The zero-order chi connectivity index (χ0) is 10.2. The van der Waals surface area contributed by atoms with Crippen LogP contribution in [-0.2, 0) is 0 Å². The van der Waals surface area contributed by atoms with E-state index in [1.54, 1.807) is 0 Å². The Balaban J connectivity index is -0.000000101. The molecule has 0 rings (SSSR count). The van der Waals surface area contributed by atoms with Crippen LogP contribution in [0.2, 0.25) is 0 Å². The van der Waals surface area contributed by atoms with Gasteiger partial charge in [-0.15, -0.1) is 13.2 Å². The first-order valence-electron chi connectivity index (χ1n) is 4.54. The second-order valence-corrected chi connectivity index (χ2v) is 2.06. The Hall–Kier alpha value is -0.780. The number of allylic oxidation sites excluding steroid dienone is 4. The molecule has 0 amide bonds. The van der Waals surface area contributed by atoms with Gasteiger partial charge in [-0.1, -0.05) is 38.2 Å². The van der Waals surface area contributed by atoms with Crippen LogP contribution in [0.15, 0.2) is 37.5 Å². The van der Waals surface area contributed by atoms with Crippen molar-refractivity contribution in [2.75, 3.05) is 0 Å². The highest BCUT2D eigenvalue weighted by Gasteiger charge is 1.45. The molecule has 0 aromatic heterocycles. The monoisotopic (exact) mass is 168 g/mol. The minimum Gasteiger partial charge on any atom is -0.103 e. The summed E-state index contributed by atoms with van der Waals surface area (Å²) in [6.45, 7) is 15.1. The summed E-state index contributed by atoms with van der Waals surface area (Å²) in [5.41, 5.74) is 0. The van der Waals surface area contributed by atoms with Gasteiger partial charge in [-0.3, -0.25) is 0 Å². The fourth-order valence-electron chi connectivity index (χ4n) is 0. The standard InChI is InChI=1S/3C4H8/c3*1-3-4-2/h3-4H,1-2H3;2*3H,1,4H2,2H3. The van der Waals surface area contributed by atoms with Gasteiger partial charge >= 0.3 is 0 Å². The third-order valence-electron chi connectivity index (χ3n) is 0.911. The summed E-state index contributed by atoms with van der Waals surface area (Å²) in [4.78, 5) is 0. The van der Waals surface area contributed by atoms with Gasteiger partial charge < -0.3 is 0 Å². The first-order valence-corrected chi connectivity index (χ1v) is 4.54. The van der Waals surface area contributed by atoms with Crippen LogP contribution < -0.4 is 0 Å². The summed E-state index contributed by atoms with van der Waals surface area (Å²) in [5.74, 6) is 0. The first kappa shape index (κ1) is 17.3. The molecule has 0 aliphatic carbocycles.